The first-order valence-electron chi connectivity index (χ1n) is 7.60. The molecule has 1 aliphatic carbocycles. The highest BCUT2D eigenvalue weighted by Crippen LogP contribution is 2.39. The zero-order valence-electron chi connectivity index (χ0n) is 13.4. The van der Waals surface area contributed by atoms with E-state index in [1.807, 2.05) is 32.8 Å². The number of likely N-dealkylation sites (N-methyl/N-ethyl adjacent to an activating group) is 1. The average molecular weight is 291 g/mol. The van der Waals surface area contributed by atoms with Gasteiger partial charge in [-0.15, -0.1) is 0 Å². The smallest absolute Gasteiger partial charge is 0.239 e. The van der Waals surface area contributed by atoms with Crippen LogP contribution >= 0.6 is 0 Å². The number of nitrogens with one attached hydrogen (secondary N) is 2. The van der Waals surface area contributed by atoms with E-state index in [1.165, 1.54) is 0 Å². The van der Waals surface area contributed by atoms with Crippen molar-refractivity contribution in [2.24, 2.45) is 0 Å². The zero-order chi connectivity index (χ0) is 15.4. The third-order valence-corrected chi connectivity index (χ3v) is 3.63. The van der Waals surface area contributed by atoms with Crippen LogP contribution < -0.4 is 15.5 Å². The van der Waals surface area contributed by atoms with Crippen LogP contribution in [-0.4, -0.2) is 43.1 Å². The molecule has 6 heteroatoms. The minimum absolute atomic E-state index is 0.0244. The highest BCUT2D eigenvalue weighted by atomic mass is 16.2. The average Bonchev–Trinajstić information content (AvgIpc) is 3.29. The topological polar surface area (TPSA) is 70.2 Å². The van der Waals surface area contributed by atoms with Gasteiger partial charge >= 0.3 is 0 Å². The molecule has 1 aromatic heterocycles. The van der Waals surface area contributed by atoms with Gasteiger partial charge in [0, 0.05) is 32.1 Å². The Kier molecular flexibility index (Phi) is 4.98. The second kappa shape index (κ2) is 6.74. The molecule has 0 unspecified atom stereocenters. The van der Waals surface area contributed by atoms with Gasteiger partial charge in [-0.1, -0.05) is 6.92 Å². The van der Waals surface area contributed by atoms with E-state index in [-0.39, 0.29) is 5.91 Å². The van der Waals surface area contributed by atoms with Crippen LogP contribution in [-0.2, 0) is 4.79 Å². The third-order valence-electron chi connectivity index (χ3n) is 3.63. The van der Waals surface area contributed by atoms with Gasteiger partial charge in [0.05, 0.1) is 6.54 Å². The maximum Gasteiger partial charge on any atom is 0.239 e. The molecule has 2 rings (SSSR count). The zero-order valence-corrected chi connectivity index (χ0v) is 13.4. The third kappa shape index (κ3) is 3.83. The Hall–Kier alpha value is -1.85. The van der Waals surface area contributed by atoms with E-state index in [0.29, 0.717) is 19.0 Å². The number of carbonyl (C=O) groups excluding carboxylic acids is 1. The maximum absolute atomic E-state index is 11.9. The molecule has 21 heavy (non-hydrogen) atoms. The van der Waals surface area contributed by atoms with Crippen LogP contribution in [0.4, 0.5) is 11.6 Å². The van der Waals surface area contributed by atoms with Crippen molar-refractivity contribution < 1.29 is 4.79 Å². The first-order valence-corrected chi connectivity index (χ1v) is 7.60. The fraction of sp³-hybridized carbons (Fsp3) is 0.667. The van der Waals surface area contributed by atoms with Crippen molar-refractivity contribution in [2.75, 3.05) is 37.4 Å². The molecule has 116 valence electrons. The number of nitrogens with zero attached hydrogens (tertiary/aromatic N) is 3. The molecule has 6 nitrogen and oxygen atoms in total. The fourth-order valence-corrected chi connectivity index (χ4v) is 2.27. The maximum atomic E-state index is 11.9. The standard InChI is InChI=1S/C15H25N5O/c1-5-8-17-12(21)9-20(4)15-10(2)13(16-3)18-14(19-15)11-6-7-11/h11H,5-9H2,1-4H3,(H,17,21)(H,16,18,19). The summed E-state index contributed by atoms with van der Waals surface area (Å²) in [6.07, 6.45) is 3.26. The van der Waals surface area contributed by atoms with Gasteiger partial charge in [-0.2, -0.15) is 0 Å². The lowest BCUT2D eigenvalue weighted by molar-refractivity contribution is -0.119. The second-order valence-corrected chi connectivity index (χ2v) is 5.61. The molecule has 2 N–H and O–H groups in total. The van der Waals surface area contributed by atoms with Crippen molar-refractivity contribution in [2.45, 2.75) is 39.0 Å². The van der Waals surface area contributed by atoms with Crippen LogP contribution in [0.15, 0.2) is 0 Å². The molecule has 1 aromatic rings. The number of carbonyl (C=O) groups is 1. The Morgan fingerprint density at radius 2 is 2.10 bits per heavy atom. The molecule has 1 fully saturated rings. The molecule has 0 spiro atoms. The molecular weight excluding hydrogens is 266 g/mol. The van der Waals surface area contributed by atoms with Crippen molar-refractivity contribution in [3.05, 3.63) is 11.4 Å². The first kappa shape index (κ1) is 15.5. The Morgan fingerprint density at radius 3 is 2.67 bits per heavy atom. The SMILES string of the molecule is CCCNC(=O)CN(C)c1nc(C2CC2)nc(NC)c1C. The van der Waals surface area contributed by atoms with Gasteiger partial charge in [-0.3, -0.25) is 4.79 Å². The van der Waals surface area contributed by atoms with Crippen molar-refractivity contribution in [3.8, 4) is 0 Å². The number of hydrogen-bond donors (Lipinski definition) is 2. The number of hydrogen-bond acceptors (Lipinski definition) is 5. The van der Waals surface area contributed by atoms with E-state index >= 15 is 0 Å². The molecular formula is C15H25N5O. The molecule has 1 heterocycles. The van der Waals surface area contributed by atoms with E-state index in [1.54, 1.807) is 0 Å². The van der Waals surface area contributed by atoms with Crippen molar-refractivity contribution in [1.29, 1.82) is 0 Å². The highest BCUT2D eigenvalue weighted by molar-refractivity contribution is 5.81. The van der Waals surface area contributed by atoms with Crippen LogP contribution in [0.1, 0.15) is 43.5 Å². The summed E-state index contributed by atoms with van der Waals surface area (Å²) in [5, 5.41) is 6.01. The second-order valence-electron chi connectivity index (χ2n) is 5.61. The predicted molar refractivity (Wildman–Crippen MR) is 84.9 cm³/mol. The molecule has 1 aliphatic rings. The largest absolute Gasteiger partial charge is 0.373 e. The van der Waals surface area contributed by atoms with Gasteiger partial charge in [0.15, 0.2) is 0 Å². The van der Waals surface area contributed by atoms with Crippen LogP contribution in [0.5, 0.6) is 0 Å². The van der Waals surface area contributed by atoms with E-state index < -0.39 is 0 Å². The molecule has 0 aromatic carbocycles. The molecule has 0 aliphatic heterocycles. The summed E-state index contributed by atoms with van der Waals surface area (Å²) >= 11 is 0. The Labute approximate surface area is 126 Å². The summed E-state index contributed by atoms with van der Waals surface area (Å²) in [5.74, 6) is 3.08. The molecule has 1 saturated carbocycles. The summed E-state index contributed by atoms with van der Waals surface area (Å²) < 4.78 is 0. The van der Waals surface area contributed by atoms with E-state index in [0.717, 1.165) is 42.3 Å². The number of aromatic nitrogens is 2. The summed E-state index contributed by atoms with van der Waals surface area (Å²) in [5.41, 5.74) is 0.979. The summed E-state index contributed by atoms with van der Waals surface area (Å²) in [6, 6.07) is 0. The van der Waals surface area contributed by atoms with Gasteiger partial charge in [-0.05, 0) is 26.2 Å². The quantitative estimate of drug-likeness (QED) is 0.799. The van der Waals surface area contributed by atoms with Crippen molar-refractivity contribution >= 4 is 17.5 Å². The van der Waals surface area contributed by atoms with Gasteiger partial charge < -0.3 is 15.5 Å². The lowest BCUT2D eigenvalue weighted by atomic mass is 10.2. The fourth-order valence-electron chi connectivity index (χ4n) is 2.27. The summed E-state index contributed by atoms with van der Waals surface area (Å²) in [7, 11) is 3.76. The van der Waals surface area contributed by atoms with E-state index in [2.05, 4.69) is 20.6 Å². The number of anilines is 2. The van der Waals surface area contributed by atoms with Gasteiger partial charge in [0.25, 0.3) is 0 Å². The van der Waals surface area contributed by atoms with Gasteiger partial charge in [0.1, 0.15) is 17.5 Å². The lowest BCUT2D eigenvalue weighted by Gasteiger charge is -2.21. The van der Waals surface area contributed by atoms with Gasteiger partial charge in [0.2, 0.25) is 5.91 Å². The van der Waals surface area contributed by atoms with Gasteiger partial charge in [-0.25, -0.2) is 9.97 Å². The molecule has 0 radical (unpaired) electrons. The van der Waals surface area contributed by atoms with Crippen LogP contribution in [0.25, 0.3) is 0 Å². The Bertz CT molecular complexity index is 513. The van der Waals surface area contributed by atoms with E-state index in [9.17, 15) is 4.79 Å². The minimum Gasteiger partial charge on any atom is -0.373 e. The summed E-state index contributed by atoms with van der Waals surface area (Å²) in [6.45, 7) is 5.05. The minimum atomic E-state index is 0.0244. The normalized spacial score (nSPS) is 13.9. The molecule has 1 amide bonds. The molecule has 0 saturated heterocycles. The molecule has 0 atom stereocenters. The number of amides is 1. The van der Waals surface area contributed by atoms with Crippen molar-refractivity contribution in [3.63, 3.8) is 0 Å². The number of rotatable bonds is 7. The Morgan fingerprint density at radius 1 is 1.38 bits per heavy atom. The summed E-state index contributed by atoms with van der Waals surface area (Å²) in [4.78, 5) is 23.0. The van der Waals surface area contributed by atoms with Crippen LogP contribution in [0.3, 0.4) is 0 Å². The van der Waals surface area contributed by atoms with E-state index in [4.69, 9.17) is 0 Å². The van der Waals surface area contributed by atoms with Crippen LogP contribution in [0.2, 0.25) is 0 Å². The first-order chi connectivity index (χ1) is 10.1. The lowest BCUT2D eigenvalue weighted by Crippen LogP contribution is -2.36. The highest BCUT2D eigenvalue weighted by Gasteiger charge is 2.28. The monoisotopic (exact) mass is 291 g/mol. The van der Waals surface area contributed by atoms with Crippen LogP contribution in [0, 0.1) is 6.92 Å². The Balaban J connectivity index is 2.16. The van der Waals surface area contributed by atoms with Crippen molar-refractivity contribution in [1.82, 2.24) is 15.3 Å². The predicted octanol–water partition coefficient (Wildman–Crippen LogP) is 1.67. The molecule has 0 bridgehead atoms.